The molecule has 1 saturated carbocycles. The Morgan fingerprint density at radius 2 is 1.97 bits per heavy atom. The van der Waals surface area contributed by atoms with Crippen molar-refractivity contribution in [3.63, 3.8) is 0 Å². The lowest BCUT2D eigenvalue weighted by Gasteiger charge is -2.30. The molecule has 0 radical (unpaired) electrons. The predicted octanol–water partition coefficient (Wildman–Crippen LogP) is 3.65. The lowest BCUT2D eigenvalue weighted by Crippen LogP contribution is -2.42. The van der Waals surface area contributed by atoms with Crippen molar-refractivity contribution in [3.8, 4) is 0 Å². The van der Waals surface area contributed by atoms with Crippen molar-refractivity contribution in [3.05, 3.63) is 42.0 Å². The van der Waals surface area contributed by atoms with Crippen LogP contribution in [0, 0.1) is 0 Å². The smallest absolute Gasteiger partial charge is 0.282 e. The Morgan fingerprint density at radius 1 is 1.26 bits per heavy atom. The molecule has 2 heterocycles. The van der Waals surface area contributed by atoms with Gasteiger partial charge in [-0.1, -0.05) is 0 Å². The molecule has 1 fully saturated rings. The zero-order chi connectivity index (χ0) is 22.6. The van der Waals surface area contributed by atoms with Crippen LogP contribution >= 0.6 is 0 Å². The lowest BCUT2D eigenvalue weighted by atomic mass is 9.91. The van der Waals surface area contributed by atoms with E-state index in [1.54, 1.807) is 23.1 Å². The first kappa shape index (κ1) is 23.1. The first-order chi connectivity index (χ1) is 14.6. The van der Waals surface area contributed by atoms with Crippen LogP contribution in [0.15, 0.2) is 30.7 Å². The fourth-order valence-corrected chi connectivity index (χ4v) is 3.61. The highest BCUT2D eigenvalue weighted by Crippen LogP contribution is 2.31. The van der Waals surface area contributed by atoms with E-state index in [1.807, 2.05) is 0 Å². The third kappa shape index (κ3) is 5.96. The number of nitrogens with one attached hydrogen (secondary N) is 2. The highest BCUT2D eigenvalue weighted by atomic mass is 19.3. The second-order valence-corrected chi connectivity index (χ2v) is 8.42. The number of nitrogens with zero attached hydrogens (tertiary/aromatic N) is 3. The molecule has 0 aromatic carbocycles. The van der Waals surface area contributed by atoms with Crippen LogP contribution in [0.2, 0.25) is 0 Å². The van der Waals surface area contributed by atoms with Gasteiger partial charge in [-0.3, -0.25) is 14.5 Å². The van der Waals surface area contributed by atoms with Gasteiger partial charge in [0.15, 0.2) is 0 Å². The van der Waals surface area contributed by atoms with Crippen LogP contribution < -0.4 is 10.6 Å². The molecular formula is C21H28F3N5O2. The minimum absolute atomic E-state index is 0.0640. The minimum atomic E-state index is -2.58. The molecule has 0 unspecified atom stereocenters. The van der Waals surface area contributed by atoms with Crippen molar-refractivity contribution in [2.24, 2.45) is 0 Å². The Hall–Kier alpha value is -2.62. The van der Waals surface area contributed by atoms with E-state index in [0.29, 0.717) is 11.3 Å². The van der Waals surface area contributed by atoms with E-state index in [0.717, 1.165) is 25.7 Å². The van der Waals surface area contributed by atoms with E-state index in [9.17, 15) is 23.1 Å². The van der Waals surface area contributed by atoms with E-state index in [4.69, 9.17) is 0 Å². The molecular weight excluding hydrogens is 411 g/mol. The van der Waals surface area contributed by atoms with Crippen LogP contribution in [-0.2, 0) is 0 Å². The fraction of sp³-hybridized carbons (Fsp3) is 0.571. The largest absolute Gasteiger partial charge is 0.387 e. The van der Waals surface area contributed by atoms with Gasteiger partial charge in [0.2, 0.25) is 0 Å². The predicted molar refractivity (Wildman–Crippen MR) is 110 cm³/mol. The summed E-state index contributed by atoms with van der Waals surface area (Å²) in [5, 5.41) is 19.5. The highest BCUT2D eigenvalue weighted by Gasteiger charge is 2.28. The van der Waals surface area contributed by atoms with Crippen molar-refractivity contribution in [1.82, 2.24) is 20.1 Å². The first-order valence-electron chi connectivity index (χ1n) is 10.3. The molecule has 2 aromatic rings. The summed E-state index contributed by atoms with van der Waals surface area (Å²) in [5.74, 6) is -0.479. The van der Waals surface area contributed by atoms with Gasteiger partial charge < -0.3 is 15.7 Å². The summed E-state index contributed by atoms with van der Waals surface area (Å²) in [6.07, 6.45) is 3.49. The number of carbonyl (C=O) groups is 1. The zero-order valence-electron chi connectivity index (χ0n) is 17.6. The maximum atomic E-state index is 13.9. The summed E-state index contributed by atoms with van der Waals surface area (Å²) < 4.78 is 41.1. The topological polar surface area (TPSA) is 92.1 Å². The molecule has 1 aliphatic carbocycles. The summed E-state index contributed by atoms with van der Waals surface area (Å²) in [6, 6.07) is 3.19. The van der Waals surface area contributed by atoms with Crippen molar-refractivity contribution in [2.75, 3.05) is 11.9 Å². The number of halogens is 3. The van der Waals surface area contributed by atoms with Gasteiger partial charge in [0.1, 0.15) is 11.9 Å². The third-order valence-corrected chi connectivity index (χ3v) is 5.56. The van der Waals surface area contributed by atoms with E-state index in [2.05, 4.69) is 20.7 Å². The molecule has 3 rings (SSSR count). The Bertz CT molecular complexity index is 876. The number of hydrogen-bond acceptors (Lipinski definition) is 5. The van der Waals surface area contributed by atoms with Gasteiger partial charge in [0.25, 0.3) is 12.3 Å². The number of aliphatic hydroxyl groups is 1. The standard InChI is InChI=1S/C21H28F3N5O2/c1-21(2,31)18(22)12-26-20(30)15-11-25-9-7-16(15)27-13-3-5-14(6-4-13)29-10-8-17(28-29)19(23)24/h7-11,13-14,18-19,31H,3-6,12H2,1-2H3,(H,25,27)(H,26,30)/t13?,14?,18-/m1/s1. The number of carbonyl (C=O) groups excluding carboxylic acids is 1. The van der Waals surface area contributed by atoms with E-state index < -0.39 is 24.1 Å². The summed E-state index contributed by atoms with van der Waals surface area (Å²) in [6.45, 7) is 2.37. The number of anilines is 1. The molecule has 0 spiro atoms. The van der Waals surface area contributed by atoms with Gasteiger partial charge >= 0.3 is 0 Å². The SMILES string of the molecule is CC(C)(O)[C@H](F)CNC(=O)c1cnccc1NC1CCC(n2ccc(C(F)F)n2)CC1. The molecule has 31 heavy (non-hydrogen) atoms. The number of hydrogen-bond donors (Lipinski definition) is 3. The Kier molecular flexibility index (Phi) is 7.19. The molecule has 7 nitrogen and oxygen atoms in total. The molecule has 1 aliphatic rings. The maximum Gasteiger partial charge on any atom is 0.282 e. The Labute approximate surface area is 179 Å². The third-order valence-electron chi connectivity index (χ3n) is 5.56. The highest BCUT2D eigenvalue weighted by molar-refractivity contribution is 5.99. The van der Waals surface area contributed by atoms with Gasteiger partial charge in [0, 0.05) is 24.6 Å². The summed E-state index contributed by atoms with van der Waals surface area (Å²) in [5.41, 5.74) is -0.880. The average Bonchev–Trinajstić information content (AvgIpc) is 3.22. The molecule has 2 aromatic heterocycles. The van der Waals surface area contributed by atoms with Crippen LogP contribution in [0.3, 0.4) is 0 Å². The van der Waals surface area contributed by atoms with Gasteiger partial charge in [-0.2, -0.15) is 5.10 Å². The number of amides is 1. The summed E-state index contributed by atoms with van der Waals surface area (Å²) in [7, 11) is 0. The van der Waals surface area contributed by atoms with Crippen molar-refractivity contribution in [2.45, 2.75) is 69.8 Å². The first-order valence-corrected chi connectivity index (χ1v) is 10.3. The minimum Gasteiger partial charge on any atom is -0.387 e. The van der Waals surface area contributed by atoms with Crippen LogP contribution in [-0.4, -0.2) is 50.1 Å². The molecule has 0 aliphatic heterocycles. The summed E-state index contributed by atoms with van der Waals surface area (Å²) in [4.78, 5) is 16.5. The van der Waals surface area contributed by atoms with Crippen LogP contribution in [0.1, 0.15) is 68.0 Å². The fourth-order valence-electron chi connectivity index (χ4n) is 3.61. The van der Waals surface area contributed by atoms with Crippen molar-refractivity contribution < 1.29 is 23.1 Å². The lowest BCUT2D eigenvalue weighted by molar-refractivity contribution is -0.00177. The summed E-state index contributed by atoms with van der Waals surface area (Å²) >= 11 is 0. The van der Waals surface area contributed by atoms with Gasteiger partial charge in [-0.05, 0) is 51.7 Å². The number of alkyl halides is 3. The van der Waals surface area contributed by atoms with Gasteiger partial charge in [-0.15, -0.1) is 0 Å². The second-order valence-electron chi connectivity index (χ2n) is 8.42. The maximum absolute atomic E-state index is 13.9. The number of aromatic nitrogens is 3. The number of rotatable bonds is 8. The second kappa shape index (κ2) is 9.67. The molecule has 1 amide bonds. The van der Waals surface area contributed by atoms with E-state index in [-0.39, 0.29) is 24.3 Å². The van der Waals surface area contributed by atoms with Gasteiger partial charge in [-0.25, -0.2) is 13.2 Å². The van der Waals surface area contributed by atoms with Crippen molar-refractivity contribution >= 4 is 11.6 Å². The molecule has 3 N–H and O–H groups in total. The molecule has 1 atom stereocenters. The molecule has 10 heteroatoms. The Balaban J connectivity index is 1.57. The van der Waals surface area contributed by atoms with E-state index in [1.165, 1.54) is 26.1 Å². The normalized spacial score (nSPS) is 20.5. The average molecular weight is 439 g/mol. The van der Waals surface area contributed by atoms with Crippen LogP contribution in [0.5, 0.6) is 0 Å². The van der Waals surface area contributed by atoms with Gasteiger partial charge in [0.05, 0.1) is 29.4 Å². The monoisotopic (exact) mass is 439 g/mol. The quantitative estimate of drug-likeness (QED) is 0.584. The molecule has 170 valence electrons. The Morgan fingerprint density at radius 3 is 2.58 bits per heavy atom. The van der Waals surface area contributed by atoms with Crippen LogP contribution in [0.25, 0.3) is 0 Å². The molecule has 0 saturated heterocycles. The van der Waals surface area contributed by atoms with Crippen molar-refractivity contribution in [1.29, 1.82) is 0 Å². The number of pyridine rings is 1. The van der Waals surface area contributed by atoms with E-state index >= 15 is 0 Å². The van der Waals surface area contributed by atoms with Crippen LogP contribution in [0.4, 0.5) is 18.9 Å². The molecule has 0 bridgehead atoms. The zero-order valence-corrected chi connectivity index (χ0v) is 17.6.